The molecule has 1 aliphatic rings. The van der Waals surface area contributed by atoms with E-state index in [2.05, 4.69) is 17.0 Å². The molecule has 40 heavy (non-hydrogen) atoms. The molecule has 5 rings (SSSR count). The number of carboxylic acids is 1. The number of hydrogen-bond donors (Lipinski definition) is 1. The number of carboxylic acid groups (broad SMARTS) is 1. The topological polar surface area (TPSA) is 72.6 Å². The van der Waals surface area contributed by atoms with E-state index in [0.29, 0.717) is 44.4 Å². The Morgan fingerprint density at radius 2 is 1.75 bits per heavy atom. The number of aromatic nitrogens is 1. The highest BCUT2D eigenvalue weighted by Crippen LogP contribution is 2.46. The van der Waals surface area contributed by atoms with Gasteiger partial charge >= 0.3 is 12.1 Å². The van der Waals surface area contributed by atoms with Gasteiger partial charge in [-0.25, -0.2) is 4.79 Å². The zero-order chi connectivity index (χ0) is 28.6. The molecule has 11 heteroatoms. The van der Waals surface area contributed by atoms with Crippen LogP contribution in [-0.2, 0) is 12.8 Å². The van der Waals surface area contributed by atoms with E-state index < -0.39 is 23.3 Å². The first kappa shape index (κ1) is 27.9. The van der Waals surface area contributed by atoms with Gasteiger partial charge in [0.05, 0.1) is 31.8 Å². The van der Waals surface area contributed by atoms with Gasteiger partial charge in [-0.05, 0) is 55.3 Å². The molecule has 0 amide bonds. The Bertz CT molecular complexity index is 1660. The third-order valence-electron chi connectivity index (χ3n) is 6.14. The number of nitrogens with zero attached hydrogens (tertiary/aromatic N) is 1. The largest absolute Gasteiger partial charge is 0.489 e. The zero-order valence-corrected chi connectivity index (χ0v) is 22.5. The number of alkyl halides is 3. The second-order valence-corrected chi connectivity index (χ2v) is 10.2. The van der Waals surface area contributed by atoms with Gasteiger partial charge in [-0.1, -0.05) is 57.9 Å². The summed E-state index contributed by atoms with van der Waals surface area (Å²) in [4.78, 5) is 11.3. The van der Waals surface area contributed by atoms with E-state index in [4.69, 9.17) is 49.2 Å². The van der Waals surface area contributed by atoms with Crippen LogP contribution in [0.25, 0.3) is 11.3 Å². The lowest BCUT2D eigenvalue weighted by Crippen LogP contribution is -2.08. The van der Waals surface area contributed by atoms with Gasteiger partial charge in [-0.2, -0.15) is 13.2 Å². The summed E-state index contributed by atoms with van der Waals surface area (Å²) in [7, 11) is 0. The smallest absolute Gasteiger partial charge is 0.416 e. The van der Waals surface area contributed by atoms with Crippen molar-refractivity contribution >= 4 is 40.8 Å². The number of halogens is 6. The number of hydrogen-bond acceptors (Lipinski definition) is 4. The molecule has 0 aliphatic heterocycles. The second kappa shape index (κ2) is 11.1. The van der Waals surface area contributed by atoms with Crippen LogP contribution in [0.15, 0.2) is 59.1 Å². The van der Waals surface area contributed by atoms with Crippen molar-refractivity contribution in [1.29, 1.82) is 0 Å². The fraction of sp³-hybridized carbons (Fsp3) is 0.172. The lowest BCUT2D eigenvalue weighted by Gasteiger charge is -2.10. The summed E-state index contributed by atoms with van der Waals surface area (Å²) in [6, 6.07) is 12.2. The summed E-state index contributed by atoms with van der Waals surface area (Å²) in [6.45, 7) is 0.0930. The minimum atomic E-state index is -4.72. The normalized spacial score (nSPS) is 13.1. The van der Waals surface area contributed by atoms with E-state index in [9.17, 15) is 18.0 Å². The lowest BCUT2D eigenvalue weighted by molar-refractivity contribution is -0.137. The maximum Gasteiger partial charge on any atom is 0.416 e. The van der Waals surface area contributed by atoms with Crippen molar-refractivity contribution in [2.45, 2.75) is 31.5 Å². The van der Waals surface area contributed by atoms with E-state index in [0.717, 1.165) is 30.5 Å². The number of aromatic carboxylic acids is 1. The van der Waals surface area contributed by atoms with Crippen LogP contribution in [-0.4, -0.2) is 16.2 Å². The van der Waals surface area contributed by atoms with Crippen LogP contribution in [0.5, 0.6) is 5.75 Å². The molecule has 0 atom stereocenters. The van der Waals surface area contributed by atoms with Gasteiger partial charge in [0.25, 0.3) is 0 Å². The fourth-order valence-corrected chi connectivity index (χ4v) is 4.81. The van der Waals surface area contributed by atoms with Crippen molar-refractivity contribution in [2.75, 3.05) is 0 Å². The van der Waals surface area contributed by atoms with Crippen LogP contribution >= 0.6 is 34.8 Å². The quantitative estimate of drug-likeness (QED) is 0.222. The maximum atomic E-state index is 13.2. The molecule has 1 saturated carbocycles. The first-order valence-electron chi connectivity index (χ1n) is 11.8. The Morgan fingerprint density at radius 3 is 2.38 bits per heavy atom. The van der Waals surface area contributed by atoms with E-state index in [-0.39, 0.29) is 23.1 Å². The standard InChI is InChI=1S/C29H17Cl3F3NO4/c30-22-2-1-3-23(31)25(22)26-21(27(40-36-26)17-6-7-17)14-39-20-9-8-16(24(32)13-20)5-4-15-10-18(28(37)38)12-19(11-15)29(33,34)35/h1-3,8-13,17H,6-7,14H2,(H,37,38). The average molecular weight is 607 g/mol. The van der Waals surface area contributed by atoms with Crippen molar-refractivity contribution in [3.8, 4) is 28.8 Å². The molecule has 0 spiro atoms. The highest BCUT2D eigenvalue weighted by atomic mass is 35.5. The third kappa shape index (κ3) is 6.07. The minimum absolute atomic E-state index is 0.0930. The van der Waals surface area contributed by atoms with Crippen molar-refractivity contribution in [2.24, 2.45) is 0 Å². The zero-order valence-electron chi connectivity index (χ0n) is 20.3. The number of carbonyl (C=O) groups is 1. The Labute approximate surface area is 241 Å². The first-order valence-corrected chi connectivity index (χ1v) is 13.0. The lowest BCUT2D eigenvalue weighted by atomic mass is 10.0. The van der Waals surface area contributed by atoms with E-state index in [1.165, 1.54) is 6.07 Å². The van der Waals surface area contributed by atoms with Crippen LogP contribution in [0.3, 0.4) is 0 Å². The monoisotopic (exact) mass is 605 g/mol. The molecule has 0 radical (unpaired) electrons. The predicted molar refractivity (Wildman–Crippen MR) is 144 cm³/mol. The van der Waals surface area contributed by atoms with Crippen molar-refractivity contribution in [1.82, 2.24) is 5.16 Å². The highest BCUT2D eigenvalue weighted by molar-refractivity contribution is 6.39. The van der Waals surface area contributed by atoms with Gasteiger partial charge in [-0.15, -0.1) is 0 Å². The van der Waals surface area contributed by atoms with E-state index >= 15 is 0 Å². The summed E-state index contributed by atoms with van der Waals surface area (Å²) < 4.78 is 51.2. The van der Waals surface area contributed by atoms with Crippen LogP contribution in [0.1, 0.15) is 57.1 Å². The molecule has 0 saturated heterocycles. The van der Waals surface area contributed by atoms with Crippen LogP contribution in [0.4, 0.5) is 13.2 Å². The molecule has 1 fully saturated rings. The number of benzene rings is 3. The first-order chi connectivity index (χ1) is 19.0. The van der Waals surface area contributed by atoms with Crippen LogP contribution in [0, 0.1) is 11.8 Å². The van der Waals surface area contributed by atoms with Crippen molar-refractivity contribution < 1.29 is 32.3 Å². The summed E-state index contributed by atoms with van der Waals surface area (Å²) in [5, 5.41) is 14.4. The van der Waals surface area contributed by atoms with Gasteiger partial charge in [0.1, 0.15) is 23.8 Å². The SMILES string of the molecule is O=C(O)c1cc(C#Cc2ccc(OCc3c(-c4c(Cl)cccc4Cl)noc3C3CC3)cc2Cl)cc(C(F)(F)F)c1. The molecular formula is C29H17Cl3F3NO4. The summed E-state index contributed by atoms with van der Waals surface area (Å²) in [6.07, 6.45) is -2.78. The van der Waals surface area contributed by atoms with Gasteiger partial charge in [0, 0.05) is 28.7 Å². The molecule has 5 nitrogen and oxygen atoms in total. The van der Waals surface area contributed by atoms with Crippen LogP contribution < -0.4 is 4.74 Å². The molecular weight excluding hydrogens is 590 g/mol. The third-order valence-corrected chi connectivity index (χ3v) is 7.08. The Morgan fingerprint density at radius 1 is 1.02 bits per heavy atom. The molecule has 3 aromatic carbocycles. The average Bonchev–Trinajstić information content (AvgIpc) is 3.66. The maximum absolute atomic E-state index is 13.2. The highest BCUT2D eigenvalue weighted by Gasteiger charge is 2.34. The number of ether oxygens (including phenoxy) is 1. The second-order valence-electron chi connectivity index (χ2n) is 9.03. The Hall–Kier alpha value is -3.64. The van der Waals surface area contributed by atoms with Gasteiger partial charge in [0.15, 0.2) is 0 Å². The molecule has 4 aromatic rings. The molecule has 1 aromatic heterocycles. The van der Waals surface area contributed by atoms with Gasteiger partial charge in [0.2, 0.25) is 0 Å². The van der Waals surface area contributed by atoms with E-state index in [1.54, 1.807) is 30.3 Å². The van der Waals surface area contributed by atoms with Crippen LogP contribution in [0.2, 0.25) is 15.1 Å². The molecule has 204 valence electrons. The summed E-state index contributed by atoms with van der Waals surface area (Å²) in [5.74, 6) is 5.11. The summed E-state index contributed by atoms with van der Waals surface area (Å²) in [5.41, 5.74) is 0.326. The van der Waals surface area contributed by atoms with E-state index in [1.807, 2.05) is 0 Å². The van der Waals surface area contributed by atoms with Gasteiger partial charge in [-0.3, -0.25) is 0 Å². The van der Waals surface area contributed by atoms with Crippen molar-refractivity contribution in [3.63, 3.8) is 0 Å². The summed E-state index contributed by atoms with van der Waals surface area (Å²) >= 11 is 19.2. The molecule has 0 unspecified atom stereocenters. The van der Waals surface area contributed by atoms with Gasteiger partial charge < -0.3 is 14.4 Å². The fourth-order valence-electron chi connectivity index (χ4n) is 4.02. The Kier molecular flexibility index (Phi) is 7.74. The molecule has 1 aliphatic carbocycles. The minimum Gasteiger partial charge on any atom is -0.489 e. The molecule has 1 heterocycles. The number of rotatable bonds is 6. The predicted octanol–water partition coefficient (Wildman–Crippen LogP) is 8.87. The van der Waals surface area contributed by atoms with Crippen molar-refractivity contribution in [3.05, 3.63) is 103 Å². The molecule has 1 N–H and O–H groups in total. The molecule has 0 bridgehead atoms. The Balaban J connectivity index is 1.39.